The van der Waals surface area contributed by atoms with Crippen LogP contribution in [0.5, 0.6) is 0 Å². The van der Waals surface area contributed by atoms with Gasteiger partial charge in [-0.1, -0.05) is 6.92 Å². The summed E-state index contributed by atoms with van der Waals surface area (Å²) in [6.45, 7) is 3.71. The molecule has 15 heavy (non-hydrogen) atoms. The predicted octanol–water partition coefficient (Wildman–Crippen LogP) is 0.960. The predicted molar refractivity (Wildman–Crippen MR) is 61.4 cm³/mol. The maximum Gasteiger partial charge on any atom is 0.220 e. The molecule has 5 heteroatoms. The van der Waals surface area contributed by atoms with E-state index in [1.54, 1.807) is 13.0 Å². The van der Waals surface area contributed by atoms with E-state index in [-0.39, 0.29) is 5.95 Å². The second kappa shape index (κ2) is 4.54. The molecule has 5 N–H and O–H groups in total. The molecule has 1 rings (SSSR count). The summed E-state index contributed by atoms with van der Waals surface area (Å²) >= 11 is 0. The number of nitrogen functional groups attached to an aromatic ring is 1. The normalized spacial score (nSPS) is 12.1. The zero-order valence-electron chi connectivity index (χ0n) is 8.91. The molecule has 0 atom stereocenters. The van der Waals surface area contributed by atoms with Crippen molar-refractivity contribution in [1.29, 1.82) is 5.41 Å². The van der Waals surface area contributed by atoms with E-state index < -0.39 is 0 Å². The molecule has 0 aromatic carbocycles. The van der Waals surface area contributed by atoms with Gasteiger partial charge in [-0.05, 0) is 19.4 Å². The van der Waals surface area contributed by atoms with E-state index in [1.807, 2.05) is 6.92 Å². The summed E-state index contributed by atoms with van der Waals surface area (Å²) in [5, 5.41) is 7.26. The Bertz CT molecular complexity index is 404. The molecule has 5 nitrogen and oxygen atoms in total. The Kier molecular flexibility index (Phi) is 3.38. The molecule has 1 aromatic rings. The molecule has 80 valence electrons. The molecule has 0 aliphatic rings. The lowest BCUT2D eigenvalue weighted by molar-refractivity contribution is 1.00. The fourth-order valence-corrected chi connectivity index (χ4v) is 1.23. The molecule has 0 saturated carbocycles. The Balaban J connectivity index is 3.31. The number of rotatable bonds is 3. The van der Waals surface area contributed by atoms with E-state index in [1.165, 1.54) is 6.21 Å². The van der Waals surface area contributed by atoms with Gasteiger partial charge in [0.1, 0.15) is 0 Å². The lowest BCUT2D eigenvalue weighted by atomic mass is 10.1. The molecular formula is C10H15N5. The third kappa shape index (κ3) is 2.52. The number of hydrogen-bond acceptors (Lipinski definition) is 5. The number of anilines is 1. The van der Waals surface area contributed by atoms with Crippen molar-refractivity contribution in [2.24, 2.45) is 5.73 Å². The number of nitrogens with one attached hydrogen (secondary N) is 1. The van der Waals surface area contributed by atoms with Crippen LogP contribution in [0.2, 0.25) is 0 Å². The highest BCUT2D eigenvalue weighted by Crippen LogP contribution is 2.14. The molecule has 0 spiro atoms. The molecule has 1 heterocycles. The quantitative estimate of drug-likeness (QED) is 0.639. The van der Waals surface area contributed by atoms with Crippen LogP contribution in [0.3, 0.4) is 0 Å². The Morgan fingerprint density at radius 1 is 1.53 bits per heavy atom. The van der Waals surface area contributed by atoms with Crippen molar-refractivity contribution in [1.82, 2.24) is 9.97 Å². The largest absolute Gasteiger partial charge is 0.402 e. The van der Waals surface area contributed by atoms with Gasteiger partial charge in [0, 0.05) is 23.2 Å². The Labute approximate surface area is 88.7 Å². The van der Waals surface area contributed by atoms with Crippen LogP contribution in [-0.4, -0.2) is 16.2 Å². The van der Waals surface area contributed by atoms with Crippen LogP contribution in [0.4, 0.5) is 5.95 Å². The molecule has 0 amide bonds. The SMILES string of the molecule is CCc1cc(C(C=N)=C(C)N)nc(N)n1. The summed E-state index contributed by atoms with van der Waals surface area (Å²) in [6.07, 6.45) is 1.95. The summed E-state index contributed by atoms with van der Waals surface area (Å²) in [7, 11) is 0. The smallest absolute Gasteiger partial charge is 0.220 e. The lowest BCUT2D eigenvalue weighted by Gasteiger charge is -2.06. The van der Waals surface area contributed by atoms with Crippen molar-refractivity contribution < 1.29 is 0 Å². The summed E-state index contributed by atoms with van der Waals surface area (Å²) in [6, 6.07) is 1.80. The topological polar surface area (TPSA) is 102 Å². The average molecular weight is 205 g/mol. The molecular weight excluding hydrogens is 190 g/mol. The van der Waals surface area contributed by atoms with Gasteiger partial charge in [0.25, 0.3) is 0 Å². The van der Waals surface area contributed by atoms with Crippen molar-refractivity contribution >= 4 is 17.7 Å². The first kappa shape index (κ1) is 11.2. The van der Waals surface area contributed by atoms with Gasteiger partial charge in [-0.15, -0.1) is 0 Å². The van der Waals surface area contributed by atoms with Crippen molar-refractivity contribution in [3.8, 4) is 0 Å². The van der Waals surface area contributed by atoms with Gasteiger partial charge in [0.2, 0.25) is 5.95 Å². The highest BCUT2D eigenvalue weighted by atomic mass is 15.0. The van der Waals surface area contributed by atoms with E-state index in [9.17, 15) is 0 Å². The molecule has 0 aliphatic heterocycles. The standard InChI is InChI=1S/C10H15N5/c1-3-7-4-9(15-10(13)14-7)8(5-11)6(2)12/h4-5,11H,3,12H2,1-2H3,(H2,13,14,15). The fraction of sp³-hybridized carbons (Fsp3) is 0.300. The molecule has 1 aromatic heterocycles. The maximum absolute atomic E-state index is 7.26. The first-order valence-electron chi connectivity index (χ1n) is 4.69. The van der Waals surface area contributed by atoms with E-state index >= 15 is 0 Å². The van der Waals surface area contributed by atoms with Gasteiger partial charge in [-0.25, -0.2) is 9.97 Å². The number of allylic oxidation sites excluding steroid dienone is 2. The van der Waals surface area contributed by atoms with Crippen LogP contribution < -0.4 is 11.5 Å². The number of nitrogens with two attached hydrogens (primary N) is 2. The maximum atomic E-state index is 7.26. The minimum atomic E-state index is 0.213. The first-order chi connectivity index (χ1) is 7.08. The third-order valence-corrected chi connectivity index (χ3v) is 2.00. The van der Waals surface area contributed by atoms with Gasteiger partial charge >= 0.3 is 0 Å². The molecule has 0 fully saturated rings. The lowest BCUT2D eigenvalue weighted by Crippen LogP contribution is -2.06. The number of aromatic nitrogens is 2. The van der Waals surface area contributed by atoms with Crippen LogP contribution in [0.15, 0.2) is 11.8 Å². The zero-order valence-corrected chi connectivity index (χ0v) is 8.91. The Morgan fingerprint density at radius 2 is 2.20 bits per heavy atom. The fourth-order valence-electron chi connectivity index (χ4n) is 1.23. The molecule has 0 saturated heterocycles. The van der Waals surface area contributed by atoms with E-state index in [0.29, 0.717) is 17.0 Å². The van der Waals surface area contributed by atoms with Gasteiger partial charge in [0.05, 0.1) is 5.69 Å². The molecule has 0 radical (unpaired) electrons. The van der Waals surface area contributed by atoms with Crippen molar-refractivity contribution in [2.45, 2.75) is 20.3 Å². The van der Waals surface area contributed by atoms with Crippen LogP contribution in [0, 0.1) is 5.41 Å². The summed E-state index contributed by atoms with van der Waals surface area (Å²) < 4.78 is 0. The van der Waals surface area contributed by atoms with Crippen molar-refractivity contribution in [3.05, 3.63) is 23.2 Å². The number of aryl methyl sites for hydroxylation is 1. The number of nitrogens with zero attached hydrogens (tertiary/aromatic N) is 2. The van der Waals surface area contributed by atoms with Crippen LogP contribution in [0.25, 0.3) is 5.57 Å². The van der Waals surface area contributed by atoms with E-state index in [0.717, 1.165) is 12.1 Å². The van der Waals surface area contributed by atoms with Gasteiger partial charge in [-0.3, -0.25) is 0 Å². The summed E-state index contributed by atoms with van der Waals surface area (Å²) in [5.74, 6) is 0.213. The zero-order chi connectivity index (χ0) is 11.4. The van der Waals surface area contributed by atoms with E-state index in [2.05, 4.69) is 9.97 Å². The average Bonchev–Trinajstić information content (AvgIpc) is 2.17. The highest BCUT2D eigenvalue weighted by molar-refractivity contribution is 6.08. The molecule has 0 unspecified atom stereocenters. The van der Waals surface area contributed by atoms with Gasteiger partial charge in [0.15, 0.2) is 0 Å². The Morgan fingerprint density at radius 3 is 2.67 bits per heavy atom. The molecule has 0 bridgehead atoms. The summed E-state index contributed by atoms with van der Waals surface area (Å²) in [4.78, 5) is 8.11. The van der Waals surface area contributed by atoms with Crippen molar-refractivity contribution in [2.75, 3.05) is 5.73 Å². The van der Waals surface area contributed by atoms with Crippen LogP contribution >= 0.6 is 0 Å². The second-order valence-corrected chi connectivity index (χ2v) is 3.20. The van der Waals surface area contributed by atoms with Gasteiger partial charge in [-0.2, -0.15) is 0 Å². The Hall–Kier alpha value is -1.91. The minimum Gasteiger partial charge on any atom is -0.402 e. The molecule has 0 aliphatic carbocycles. The monoisotopic (exact) mass is 205 g/mol. The highest BCUT2D eigenvalue weighted by Gasteiger charge is 2.06. The van der Waals surface area contributed by atoms with Gasteiger partial charge < -0.3 is 16.9 Å². The second-order valence-electron chi connectivity index (χ2n) is 3.20. The van der Waals surface area contributed by atoms with Crippen LogP contribution in [0.1, 0.15) is 25.2 Å². The van der Waals surface area contributed by atoms with Crippen LogP contribution in [-0.2, 0) is 6.42 Å². The number of hydrogen-bond donors (Lipinski definition) is 3. The van der Waals surface area contributed by atoms with E-state index in [4.69, 9.17) is 16.9 Å². The summed E-state index contributed by atoms with van der Waals surface area (Å²) in [5.41, 5.74) is 13.8. The van der Waals surface area contributed by atoms with Crippen molar-refractivity contribution in [3.63, 3.8) is 0 Å². The first-order valence-corrected chi connectivity index (χ1v) is 4.69. The third-order valence-electron chi connectivity index (χ3n) is 2.00. The minimum absolute atomic E-state index is 0.213.